The van der Waals surface area contributed by atoms with Crippen molar-refractivity contribution in [1.29, 1.82) is 5.26 Å². The Morgan fingerprint density at radius 1 is 0.921 bits per heavy atom. The van der Waals surface area contributed by atoms with E-state index in [0.29, 0.717) is 50.5 Å². The van der Waals surface area contributed by atoms with E-state index in [1.807, 2.05) is 66.7 Å². The zero-order chi connectivity index (χ0) is 26.9. The smallest absolute Gasteiger partial charge is 0.225 e. The summed E-state index contributed by atoms with van der Waals surface area (Å²) in [7, 11) is 4.73. The predicted molar refractivity (Wildman–Crippen MR) is 150 cm³/mol. The molecule has 0 aliphatic carbocycles. The molecule has 1 aromatic heterocycles. The van der Waals surface area contributed by atoms with Gasteiger partial charge in [0.2, 0.25) is 5.91 Å². The molecule has 0 radical (unpaired) electrons. The summed E-state index contributed by atoms with van der Waals surface area (Å²) in [6.07, 6.45) is 0.238. The van der Waals surface area contributed by atoms with Crippen molar-refractivity contribution in [3.8, 4) is 45.7 Å². The average molecular weight is 526 g/mol. The van der Waals surface area contributed by atoms with Crippen molar-refractivity contribution in [1.82, 2.24) is 4.98 Å². The van der Waals surface area contributed by atoms with Gasteiger partial charge in [-0.25, -0.2) is 4.98 Å². The molecular formula is C30H27N3O4S. The Balaban J connectivity index is 1.66. The number of nitrogens with zero attached hydrogens (tertiary/aromatic N) is 2. The van der Waals surface area contributed by atoms with Gasteiger partial charge in [-0.1, -0.05) is 48.5 Å². The number of hydrogen-bond donors (Lipinski definition) is 1. The number of carbonyl (C=O) groups excluding carboxylic acids is 1. The Bertz CT molecular complexity index is 1470. The molecule has 192 valence electrons. The Hall–Kier alpha value is -4.48. The molecule has 0 saturated heterocycles. The number of aromatic nitrogens is 1. The standard InChI is InChI=1S/C30H27N3O4S/c1-35-22-12-7-11-21(17-22)32-28(34)15-16-38-30-25(19-31)24(18-26(33-30)20-9-5-4-6-10-20)23-13-8-14-27(36-2)29(23)37-3/h4-14,17-18H,15-16H2,1-3H3,(H,32,34). The number of carbonyl (C=O) groups is 1. The van der Waals surface area contributed by atoms with Crippen LogP contribution in [0.5, 0.6) is 17.2 Å². The number of para-hydroxylation sites is 1. The molecule has 0 fully saturated rings. The van der Waals surface area contributed by atoms with Crippen LogP contribution in [-0.4, -0.2) is 38.0 Å². The van der Waals surface area contributed by atoms with Gasteiger partial charge in [-0.3, -0.25) is 4.79 Å². The first-order chi connectivity index (χ1) is 18.6. The van der Waals surface area contributed by atoms with E-state index in [0.717, 1.165) is 11.1 Å². The highest BCUT2D eigenvalue weighted by atomic mass is 32.2. The number of amides is 1. The van der Waals surface area contributed by atoms with Crippen LogP contribution in [0.3, 0.4) is 0 Å². The van der Waals surface area contributed by atoms with E-state index in [4.69, 9.17) is 19.2 Å². The lowest BCUT2D eigenvalue weighted by molar-refractivity contribution is -0.115. The van der Waals surface area contributed by atoms with Gasteiger partial charge in [-0.05, 0) is 24.3 Å². The second-order valence-electron chi connectivity index (χ2n) is 8.13. The molecule has 0 saturated carbocycles. The maximum Gasteiger partial charge on any atom is 0.225 e. The first-order valence-electron chi connectivity index (χ1n) is 11.9. The van der Waals surface area contributed by atoms with Gasteiger partial charge in [0.15, 0.2) is 11.5 Å². The van der Waals surface area contributed by atoms with E-state index < -0.39 is 0 Å². The number of thioether (sulfide) groups is 1. The molecule has 1 heterocycles. The van der Waals surface area contributed by atoms with Crippen LogP contribution >= 0.6 is 11.8 Å². The number of methoxy groups -OCH3 is 3. The van der Waals surface area contributed by atoms with Gasteiger partial charge >= 0.3 is 0 Å². The van der Waals surface area contributed by atoms with Crippen LogP contribution in [-0.2, 0) is 4.79 Å². The quantitative estimate of drug-likeness (QED) is 0.238. The monoisotopic (exact) mass is 525 g/mol. The largest absolute Gasteiger partial charge is 0.497 e. The minimum Gasteiger partial charge on any atom is -0.497 e. The summed E-state index contributed by atoms with van der Waals surface area (Å²) in [6.45, 7) is 0. The van der Waals surface area contributed by atoms with E-state index >= 15 is 0 Å². The predicted octanol–water partition coefficient (Wildman–Crippen LogP) is 6.43. The molecule has 7 nitrogen and oxygen atoms in total. The maximum atomic E-state index is 12.6. The van der Waals surface area contributed by atoms with Gasteiger partial charge in [-0.2, -0.15) is 5.26 Å². The zero-order valence-electron chi connectivity index (χ0n) is 21.4. The van der Waals surface area contributed by atoms with Crippen molar-refractivity contribution >= 4 is 23.4 Å². The Kier molecular flexibility index (Phi) is 8.85. The van der Waals surface area contributed by atoms with E-state index in [1.54, 1.807) is 33.5 Å². The van der Waals surface area contributed by atoms with Crippen LogP contribution in [0.1, 0.15) is 12.0 Å². The van der Waals surface area contributed by atoms with Gasteiger partial charge in [0, 0.05) is 40.6 Å². The lowest BCUT2D eigenvalue weighted by Crippen LogP contribution is -2.12. The number of nitriles is 1. The third-order valence-electron chi connectivity index (χ3n) is 5.78. The van der Waals surface area contributed by atoms with Crippen LogP contribution in [0.4, 0.5) is 5.69 Å². The second-order valence-corrected chi connectivity index (χ2v) is 9.22. The number of nitrogens with one attached hydrogen (secondary N) is 1. The molecule has 4 aromatic rings. The summed E-state index contributed by atoms with van der Waals surface area (Å²) < 4.78 is 16.4. The highest BCUT2D eigenvalue weighted by molar-refractivity contribution is 7.99. The van der Waals surface area contributed by atoms with Crippen molar-refractivity contribution in [3.63, 3.8) is 0 Å². The molecule has 0 bridgehead atoms. The summed E-state index contributed by atoms with van der Waals surface area (Å²) >= 11 is 1.37. The highest BCUT2D eigenvalue weighted by Crippen LogP contribution is 2.42. The van der Waals surface area contributed by atoms with E-state index in [9.17, 15) is 10.1 Å². The first kappa shape index (κ1) is 26.6. The molecule has 0 unspecified atom stereocenters. The summed E-state index contributed by atoms with van der Waals surface area (Å²) in [6, 6.07) is 26.7. The Morgan fingerprint density at radius 3 is 2.42 bits per heavy atom. The van der Waals surface area contributed by atoms with Crippen LogP contribution in [0.2, 0.25) is 0 Å². The molecule has 8 heteroatoms. The van der Waals surface area contributed by atoms with Crippen LogP contribution < -0.4 is 19.5 Å². The van der Waals surface area contributed by atoms with Gasteiger partial charge in [-0.15, -0.1) is 11.8 Å². The number of ether oxygens (including phenoxy) is 3. The van der Waals surface area contributed by atoms with Crippen molar-refractivity contribution < 1.29 is 19.0 Å². The molecule has 1 amide bonds. The second kappa shape index (κ2) is 12.7. The molecule has 0 spiro atoms. The van der Waals surface area contributed by atoms with E-state index in [-0.39, 0.29) is 12.3 Å². The fourth-order valence-electron chi connectivity index (χ4n) is 3.97. The molecule has 0 aliphatic rings. The maximum absolute atomic E-state index is 12.6. The molecule has 4 rings (SSSR count). The number of pyridine rings is 1. The lowest BCUT2D eigenvalue weighted by Gasteiger charge is -2.16. The van der Waals surface area contributed by atoms with Gasteiger partial charge in [0.25, 0.3) is 0 Å². The molecule has 0 aliphatic heterocycles. The van der Waals surface area contributed by atoms with Crippen molar-refractivity contribution in [2.24, 2.45) is 0 Å². The molecule has 3 aromatic carbocycles. The number of benzene rings is 3. The van der Waals surface area contributed by atoms with Crippen molar-refractivity contribution in [3.05, 3.63) is 84.4 Å². The minimum absolute atomic E-state index is 0.141. The lowest BCUT2D eigenvalue weighted by atomic mass is 9.98. The molecular weight excluding hydrogens is 498 g/mol. The highest BCUT2D eigenvalue weighted by Gasteiger charge is 2.20. The van der Waals surface area contributed by atoms with Crippen molar-refractivity contribution in [2.45, 2.75) is 11.4 Å². The van der Waals surface area contributed by atoms with Gasteiger partial charge < -0.3 is 19.5 Å². The van der Waals surface area contributed by atoms with Crippen LogP contribution in [0, 0.1) is 11.3 Å². The molecule has 38 heavy (non-hydrogen) atoms. The fourth-order valence-corrected chi connectivity index (χ4v) is 4.91. The van der Waals surface area contributed by atoms with E-state index in [2.05, 4.69) is 11.4 Å². The fraction of sp³-hybridized carbons (Fsp3) is 0.167. The van der Waals surface area contributed by atoms with Gasteiger partial charge in [0.05, 0.1) is 32.6 Å². The summed E-state index contributed by atoms with van der Waals surface area (Å²) in [4.78, 5) is 17.4. The third kappa shape index (κ3) is 6.07. The SMILES string of the molecule is COc1cccc(NC(=O)CCSc2nc(-c3ccccc3)cc(-c3cccc(OC)c3OC)c2C#N)c1. The first-order valence-corrected chi connectivity index (χ1v) is 12.8. The molecule has 1 N–H and O–H groups in total. The third-order valence-corrected chi connectivity index (χ3v) is 6.76. The Morgan fingerprint density at radius 2 is 1.71 bits per heavy atom. The van der Waals surface area contributed by atoms with Gasteiger partial charge in [0.1, 0.15) is 16.8 Å². The number of rotatable bonds is 10. The summed E-state index contributed by atoms with van der Waals surface area (Å²) in [5.41, 5.74) is 4.11. The summed E-state index contributed by atoms with van der Waals surface area (Å²) in [5, 5.41) is 13.6. The zero-order valence-corrected chi connectivity index (χ0v) is 22.2. The van der Waals surface area contributed by atoms with Crippen LogP contribution in [0.25, 0.3) is 22.4 Å². The summed E-state index contributed by atoms with van der Waals surface area (Å²) in [5.74, 6) is 2.06. The number of anilines is 1. The topological polar surface area (TPSA) is 93.5 Å². The number of hydrogen-bond acceptors (Lipinski definition) is 7. The van der Waals surface area contributed by atoms with E-state index in [1.165, 1.54) is 11.8 Å². The minimum atomic E-state index is -0.141. The Labute approximate surface area is 226 Å². The molecule has 0 atom stereocenters. The average Bonchev–Trinajstić information content (AvgIpc) is 2.96. The van der Waals surface area contributed by atoms with Crippen LogP contribution in [0.15, 0.2) is 83.9 Å². The normalized spacial score (nSPS) is 10.4. The van der Waals surface area contributed by atoms with Crippen molar-refractivity contribution in [2.75, 3.05) is 32.4 Å².